The predicted molar refractivity (Wildman–Crippen MR) is 105 cm³/mol. The van der Waals surface area contributed by atoms with Crippen LogP contribution in [0.4, 0.5) is 5.69 Å². The third-order valence-electron chi connectivity index (χ3n) is 4.00. The summed E-state index contributed by atoms with van der Waals surface area (Å²) in [7, 11) is 0. The van der Waals surface area contributed by atoms with Crippen molar-refractivity contribution in [2.75, 3.05) is 6.61 Å². The molecule has 0 bridgehead atoms. The van der Waals surface area contributed by atoms with Gasteiger partial charge in [-0.2, -0.15) is 5.10 Å². The Hall–Kier alpha value is -3.94. The van der Waals surface area contributed by atoms with Gasteiger partial charge in [-0.15, -0.1) is 0 Å². The van der Waals surface area contributed by atoms with Crippen molar-refractivity contribution in [2.45, 2.75) is 6.92 Å². The van der Waals surface area contributed by atoms with Crippen molar-refractivity contribution in [2.24, 2.45) is 5.10 Å². The summed E-state index contributed by atoms with van der Waals surface area (Å²) in [5, 5.41) is 26.6. The number of rotatable bonds is 6. The minimum atomic E-state index is -0.592. The molecule has 0 saturated carbocycles. The number of amides is 1. The van der Waals surface area contributed by atoms with Gasteiger partial charge < -0.3 is 9.84 Å². The van der Waals surface area contributed by atoms with Crippen LogP contribution in [0.2, 0.25) is 0 Å². The topological polar surface area (TPSA) is 114 Å². The number of carbonyl (C=O) groups is 1. The second-order valence-corrected chi connectivity index (χ2v) is 6.03. The average Bonchev–Trinajstić information content (AvgIpc) is 2.68. The molecule has 0 fully saturated rings. The minimum absolute atomic E-state index is 0.00132. The van der Waals surface area contributed by atoms with E-state index in [0.29, 0.717) is 11.1 Å². The molecule has 3 aromatic rings. The number of fused-ring (bicyclic) bond motifs is 1. The van der Waals surface area contributed by atoms with Gasteiger partial charge in [-0.25, -0.2) is 5.43 Å². The van der Waals surface area contributed by atoms with E-state index in [1.54, 1.807) is 25.1 Å². The first-order valence-corrected chi connectivity index (χ1v) is 8.36. The number of nitrogens with zero attached hydrogens (tertiary/aromatic N) is 2. The molecule has 28 heavy (non-hydrogen) atoms. The van der Waals surface area contributed by atoms with Crippen LogP contribution in [-0.2, 0) is 4.79 Å². The summed E-state index contributed by atoms with van der Waals surface area (Å²) in [5.41, 5.74) is 3.24. The number of ether oxygens (including phenoxy) is 1. The number of hydrogen-bond donors (Lipinski definition) is 2. The molecule has 0 radical (unpaired) electrons. The highest BCUT2D eigenvalue weighted by Gasteiger charge is 2.16. The molecule has 8 heteroatoms. The molecule has 0 heterocycles. The highest BCUT2D eigenvalue weighted by Crippen LogP contribution is 2.27. The number of nitro groups is 1. The number of carbonyl (C=O) groups excluding carboxylic acids is 1. The van der Waals surface area contributed by atoms with Crippen LogP contribution in [0.1, 0.15) is 11.1 Å². The smallest absolute Gasteiger partial charge is 0.311 e. The number of nitrogens with one attached hydrogen (secondary N) is 1. The van der Waals surface area contributed by atoms with Crippen LogP contribution < -0.4 is 10.2 Å². The summed E-state index contributed by atoms with van der Waals surface area (Å²) in [6.45, 7) is 1.28. The van der Waals surface area contributed by atoms with Gasteiger partial charge in [0, 0.05) is 11.6 Å². The van der Waals surface area contributed by atoms with Gasteiger partial charge in [-0.3, -0.25) is 14.9 Å². The number of benzene rings is 3. The quantitative estimate of drug-likeness (QED) is 0.387. The van der Waals surface area contributed by atoms with Gasteiger partial charge >= 0.3 is 5.69 Å². The lowest BCUT2D eigenvalue weighted by Gasteiger charge is -2.07. The fraction of sp³-hybridized carbons (Fsp3) is 0.100. The van der Waals surface area contributed by atoms with Crippen molar-refractivity contribution in [1.82, 2.24) is 5.43 Å². The van der Waals surface area contributed by atoms with E-state index >= 15 is 0 Å². The van der Waals surface area contributed by atoms with Crippen molar-refractivity contribution < 1.29 is 19.6 Å². The van der Waals surface area contributed by atoms with Crippen LogP contribution in [-0.4, -0.2) is 28.8 Å². The Morgan fingerprint density at radius 3 is 2.82 bits per heavy atom. The lowest BCUT2D eigenvalue weighted by molar-refractivity contribution is -0.385. The lowest BCUT2D eigenvalue weighted by Crippen LogP contribution is -2.24. The van der Waals surface area contributed by atoms with Gasteiger partial charge in [0.05, 0.1) is 11.1 Å². The Balaban J connectivity index is 1.66. The summed E-state index contributed by atoms with van der Waals surface area (Å²) >= 11 is 0. The summed E-state index contributed by atoms with van der Waals surface area (Å²) in [5.74, 6) is -0.560. The zero-order chi connectivity index (χ0) is 20.1. The molecule has 2 N–H and O–H groups in total. The van der Waals surface area contributed by atoms with Gasteiger partial charge in [0.15, 0.2) is 12.4 Å². The van der Waals surface area contributed by atoms with Crippen molar-refractivity contribution >= 4 is 28.6 Å². The van der Waals surface area contributed by atoms with Crippen LogP contribution in [0.15, 0.2) is 59.7 Å². The number of aromatic hydroxyl groups is 1. The number of phenols is 1. The molecule has 0 saturated heterocycles. The zero-order valence-corrected chi connectivity index (χ0v) is 15.0. The fourth-order valence-corrected chi connectivity index (χ4v) is 2.66. The van der Waals surface area contributed by atoms with Crippen LogP contribution in [0.25, 0.3) is 10.8 Å². The Bertz CT molecular complexity index is 1080. The highest BCUT2D eigenvalue weighted by molar-refractivity contribution is 6.02. The predicted octanol–water partition coefficient (Wildman–Crippen LogP) is 3.29. The van der Waals surface area contributed by atoms with Gasteiger partial charge in [0.1, 0.15) is 5.75 Å². The van der Waals surface area contributed by atoms with E-state index in [9.17, 15) is 20.0 Å². The third-order valence-corrected chi connectivity index (χ3v) is 4.00. The molecule has 8 nitrogen and oxygen atoms in total. The number of hydrogen-bond acceptors (Lipinski definition) is 6. The SMILES string of the molecule is Cc1ccc(OCC(=O)NN=Cc2c(O)ccc3ccccc23)c([N+](=O)[O-])c1. The molecule has 0 aliphatic carbocycles. The summed E-state index contributed by atoms with van der Waals surface area (Å²) in [6, 6.07) is 15.2. The first kappa shape index (κ1) is 18.8. The number of nitro benzene ring substituents is 1. The molecule has 0 aliphatic heterocycles. The molecular weight excluding hydrogens is 362 g/mol. The standard InChI is InChI=1S/C20H17N3O5/c1-13-6-9-19(17(10-13)23(26)27)28-12-20(25)22-21-11-16-15-5-3-2-4-14(15)7-8-18(16)24/h2-11,24H,12H2,1H3,(H,22,25). The fourth-order valence-electron chi connectivity index (χ4n) is 2.66. The molecular formula is C20H17N3O5. The van der Waals surface area contributed by atoms with Crippen molar-refractivity contribution in [3.63, 3.8) is 0 Å². The van der Waals surface area contributed by atoms with E-state index in [1.165, 1.54) is 18.3 Å². The average molecular weight is 379 g/mol. The molecule has 0 spiro atoms. The molecule has 142 valence electrons. The molecule has 0 atom stereocenters. The Morgan fingerprint density at radius 2 is 2.04 bits per heavy atom. The van der Waals surface area contributed by atoms with Gasteiger partial charge in [0.25, 0.3) is 5.91 Å². The zero-order valence-electron chi connectivity index (χ0n) is 15.0. The second-order valence-electron chi connectivity index (χ2n) is 6.03. The van der Waals surface area contributed by atoms with Crippen LogP contribution >= 0.6 is 0 Å². The largest absolute Gasteiger partial charge is 0.507 e. The Labute approximate surface area is 160 Å². The molecule has 3 rings (SSSR count). The van der Waals surface area contributed by atoms with Crippen molar-refractivity contribution in [1.29, 1.82) is 0 Å². The number of phenolic OH excluding ortho intramolecular Hbond substituents is 1. The molecule has 3 aromatic carbocycles. The highest BCUT2D eigenvalue weighted by atomic mass is 16.6. The van der Waals surface area contributed by atoms with E-state index in [-0.39, 0.29) is 17.2 Å². The van der Waals surface area contributed by atoms with Gasteiger partial charge in [-0.05, 0) is 35.4 Å². The Kier molecular flexibility index (Phi) is 5.50. The monoisotopic (exact) mass is 379 g/mol. The van der Waals surface area contributed by atoms with Crippen molar-refractivity contribution in [3.8, 4) is 11.5 Å². The van der Waals surface area contributed by atoms with E-state index in [2.05, 4.69) is 10.5 Å². The van der Waals surface area contributed by atoms with E-state index in [0.717, 1.165) is 10.8 Å². The Morgan fingerprint density at radius 1 is 1.25 bits per heavy atom. The molecule has 0 unspecified atom stereocenters. The first-order chi connectivity index (χ1) is 13.5. The summed E-state index contributed by atoms with van der Waals surface area (Å²) in [4.78, 5) is 22.4. The van der Waals surface area contributed by atoms with Crippen molar-refractivity contribution in [3.05, 3.63) is 75.8 Å². The summed E-state index contributed by atoms with van der Waals surface area (Å²) < 4.78 is 5.23. The third kappa shape index (κ3) is 4.24. The van der Waals surface area contributed by atoms with Crippen LogP contribution in [0.3, 0.4) is 0 Å². The second kappa shape index (κ2) is 8.17. The number of aryl methyl sites for hydroxylation is 1. The maximum absolute atomic E-state index is 11.9. The minimum Gasteiger partial charge on any atom is -0.507 e. The van der Waals surface area contributed by atoms with E-state index in [1.807, 2.05) is 24.3 Å². The maximum atomic E-state index is 11.9. The molecule has 1 amide bonds. The van der Waals surface area contributed by atoms with Gasteiger partial charge in [0.2, 0.25) is 0 Å². The molecule has 0 aromatic heterocycles. The maximum Gasteiger partial charge on any atom is 0.311 e. The normalized spacial score (nSPS) is 10.9. The number of hydrazone groups is 1. The first-order valence-electron chi connectivity index (χ1n) is 8.36. The molecule has 0 aliphatic rings. The summed E-state index contributed by atoms with van der Waals surface area (Å²) in [6.07, 6.45) is 1.34. The van der Waals surface area contributed by atoms with Crippen LogP contribution in [0, 0.1) is 17.0 Å². The van der Waals surface area contributed by atoms with Crippen LogP contribution in [0.5, 0.6) is 11.5 Å². The lowest BCUT2D eigenvalue weighted by atomic mass is 10.0. The van der Waals surface area contributed by atoms with Gasteiger partial charge in [-0.1, -0.05) is 36.4 Å². The van der Waals surface area contributed by atoms with E-state index < -0.39 is 17.4 Å². The van der Waals surface area contributed by atoms with E-state index in [4.69, 9.17) is 4.74 Å².